The molecule has 0 unspecified atom stereocenters. The lowest BCUT2D eigenvalue weighted by atomic mass is 10.2. The number of benzene rings is 1. The Morgan fingerprint density at radius 2 is 2.10 bits per heavy atom. The van der Waals surface area contributed by atoms with Crippen molar-refractivity contribution in [3.8, 4) is 22.8 Å². The van der Waals surface area contributed by atoms with Crippen LogP contribution in [0.25, 0.3) is 17.1 Å². The Hall–Kier alpha value is -2.96. The zero-order chi connectivity index (χ0) is 15.0. The monoisotopic (exact) mass is 287 g/mol. The van der Waals surface area contributed by atoms with Crippen LogP contribution in [0.4, 0.5) is 4.39 Å². The van der Waals surface area contributed by atoms with E-state index in [1.54, 1.807) is 12.3 Å². The van der Waals surface area contributed by atoms with E-state index in [0.29, 0.717) is 0 Å². The summed E-state index contributed by atoms with van der Waals surface area (Å²) in [7, 11) is 1.33. The fourth-order valence-corrected chi connectivity index (χ4v) is 2.07. The van der Waals surface area contributed by atoms with Gasteiger partial charge in [-0.1, -0.05) is 0 Å². The molecule has 0 saturated heterocycles. The summed E-state index contributed by atoms with van der Waals surface area (Å²) >= 11 is 0. The molecule has 1 N–H and O–H groups in total. The number of H-pyrrole nitrogens is 1. The molecule has 0 atom stereocenters. The number of aromatic nitrogens is 3. The maximum Gasteiger partial charge on any atom is 0.357 e. The first-order valence-corrected chi connectivity index (χ1v) is 6.06. The van der Waals surface area contributed by atoms with E-state index in [9.17, 15) is 14.0 Å². The average molecular weight is 287 g/mol. The van der Waals surface area contributed by atoms with Gasteiger partial charge in [-0.15, -0.1) is 0 Å². The molecule has 1 aromatic rings. The topological polar surface area (TPSA) is 77.0 Å². The smallest absolute Gasteiger partial charge is 0.357 e. The number of aromatic amines is 1. The minimum Gasteiger partial charge on any atom is -0.494 e. The normalized spacial score (nSPS) is 10.8. The summed E-state index contributed by atoms with van der Waals surface area (Å²) in [6.07, 6.45) is 1.56. The predicted molar refractivity (Wildman–Crippen MR) is 73.6 cm³/mol. The van der Waals surface area contributed by atoms with Gasteiger partial charge < -0.3 is 9.72 Å². The minimum absolute atomic E-state index is 0.0290. The Bertz CT molecular complexity index is 901. The number of fused-ring (bicyclic) bond motifs is 1. The van der Waals surface area contributed by atoms with Crippen LogP contribution < -0.4 is 16.0 Å². The third-order valence-electron chi connectivity index (χ3n) is 3.06. The first-order valence-electron chi connectivity index (χ1n) is 6.06. The van der Waals surface area contributed by atoms with E-state index < -0.39 is 17.1 Å². The molecule has 2 aliphatic rings. The maximum absolute atomic E-state index is 13.7. The molecule has 2 heterocycles. The van der Waals surface area contributed by atoms with E-state index in [1.807, 2.05) is 0 Å². The molecule has 0 aliphatic carbocycles. The molecule has 1 aromatic carbocycles. The van der Waals surface area contributed by atoms with Crippen LogP contribution in [-0.4, -0.2) is 21.6 Å². The summed E-state index contributed by atoms with van der Waals surface area (Å²) in [5.74, 6) is -0.444. The molecule has 2 aliphatic heterocycles. The summed E-state index contributed by atoms with van der Waals surface area (Å²) in [5, 5.41) is 0. The molecule has 0 fully saturated rings. The van der Waals surface area contributed by atoms with E-state index in [1.165, 1.54) is 25.3 Å². The van der Waals surface area contributed by atoms with Crippen molar-refractivity contribution < 1.29 is 9.13 Å². The standard InChI is InChI=1S/C14H10FN3O3/c1-21-11-5-4-8(7-10(11)15)18-13(19)9-3-2-6-16-12(9)17-14(18)20/h2-7H,1H3,(H,16,17,20). The van der Waals surface area contributed by atoms with Gasteiger partial charge in [0.15, 0.2) is 11.6 Å². The summed E-state index contributed by atoms with van der Waals surface area (Å²) in [6.45, 7) is 0. The van der Waals surface area contributed by atoms with Gasteiger partial charge in [0.25, 0.3) is 5.56 Å². The molecule has 21 heavy (non-hydrogen) atoms. The molecule has 7 heteroatoms. The number of ether oxygens (including phenoxy) is 1. The zero-order valence-electron chi connectivity index (χ0n) is 11.0. The third kappa shape index (κ3) is 2.08. The van der Waals surface area contributed by atoms with Crippen molar-refractivity contribution in [2.24, 2.45) is 0 Å². The van der Waals surface area contributed by atoms with Crippen molar-refractivity contribution in [2.45, 2.75) is 0 Å². The molecular weight excluding hydrogens is 277 g/mol. The highest BCUT2D eigenvalue weighted by Gasteiger charge is 2.16. The number of pyridine rings is 1. The Morgan fingerprint density at radius 1 is 1.29 bits per heavy atom. The zero-order valence-corrected chi connectivity index (χ0v) is 11.0. The first-order chi connectivity index (χ1) is 10.1. The lowest BCUT2D eigenvalue weighted by molar-refractivity contribution is 0.386. The summed E-state index contributed by atoms with van der Waals surface area (Å²) < 4.78 is 19.4. The van der Waals surface area contributed by atoms with Gasteiger partial charge >= 0.3 is 5.69 Å². The van der Waals surface area contributed by atoms with Gasteiger partial charge in [0.2, 0.25) is 0 Å². The quantitative estimate of drug-likeness (QED) is 0.767. The minimum atomic E-state index is -0.778. The molecule has 0 amide bonds. The molecule has 0 bridgehead atoms. The first kappa shape index (κ1) is 13.0. The van der Waals surface area contributed by atoms with Gasteiger partial charge in [-0.05, 0) is 24.3 Å². The molecule has 0 spiro atoms. The van der Waals surface area contributed by atoms with Crippen LogP contribution in [-0.2, 0) is 0 Å². The van der Waals surface area contributed by atoms with Gasteiger partial charge in [-0.3, -0.25) is 4.79 Å². The number of hydrogen-bond donors (Lipinski definition) is 1. The Balaban J connectivity index is 2.31. The Labute approximate surface area is 117 Å². The summed E-state index contributed by atoms with van der Waals surface area (Å²) in [4.78, 5) is 30.9. The van der Waals surface area contributed by atoms with E-state index in [2.05, 4.69) is 9.97 Å². The van der Waals surface area contributed by atoms with Crippen molar-refractivity contribution in [1.29, 1.82) is 0 Å². The van der Waals surface area contributed by atoms with Crippen LogP contribution in [0.1, 0.15) is 0 Å². The number of methoxy groups -OCH3 is 1. The SMILES string of the molecule is COc1ccc(-n2c(=O)nc3[nH]cccc-3c2=O)cc1F. The number of nitrogens with zero attached hydrogens (tertiary/aromatic N) is 2. The van der Waals surface area contributed by atoms with Gasteiger partial charge in [0.05, 0.1) is 18.4 Å². The van der Waals surface area contributed by atoms with Gasteiger partial charge in [0, 0.05) is 12.3 Å². The fourth-order valence-electron chi connectivity index (χ4n) is 2.07. The third-order valence-corrected chi connectivity index (χ3v) is 3.06. The van der Waals surface area contributed by atoms with Crippen LogP contribution in [0.2, 0.25) is 0 Å². The van der Waals surface area contributed by atoms with Crippen LogP contribution in [0, 0.1) is 5.82 Å². The largest absolute Gasteiger partial charge is 0.494 e. The number of rotatable bonds is 2. The summed E-state index contributed by atoms with van der Waals surface area (Å²) in [6, 6.07) is 6.98. The molecule has 0 saturated carbocycles. The Kier molecular flexibility index (Phi) is 3.02. The molecule has 3 rings (SSSR count). The average Bonchev–Trinajstić information content (AvgIpc) is 2.47. The molecular formula is C14H10FN3O3. The highest BCUT2D eigenvalue weighted by molar-refractivity contribution is 5.54. The van der Waals surface area contributed by atoms with Crippen molar-refractivity contribution in [2.75, 3.05) is 7.11 Å². The predicted octanol–water partition coefficient (Wildman–Crippen LogP) is 1.17. The van der Waals surface area contributed by atoms with Crippen molar-refractivity contribution in [3.63, 3.8) is 0 Å². The maximum atomic E-state index is 13.7. The van der Waals surface area contributed by atoms with Crippen LogP contribution in [0.15, 0.2) is 46.1 Å². The van der Waals surface area contributed by atoms with E-state index in [0.717, 1.165) is 10.6 Å². The van der Waals surface area contributed by atoms with E-state index in [-0.39, 0.29) is 22.8 Å². The van der Waals surface area contributed by atoms with Gasteiger partial charge in [0.1, 0.15) is 5.82 Å². The second-order valence-electron chi connectivity index (χ2n) is 4.29. The second-order valence-corrected chi connectivity index (χ2v) is 4.29. The highest BCUT2D eigenvalue weighted by Crippen LogP contribution is 2.19. The van der Waals surface area contributed by atoms with Crippen molar-refractivity contribution in [1.82, 2.24) is 14.5 Å². The molecule has 6 nitrogen and oxygen atoms in total. The molecule has 0 radical (unpaired) electrons. The van der Waals surface area contributed by atoms with Gasteiger partial charge in [-0.25, -0.2) is 13.8 Å². The fraction of sp³-hybridized carbons (Fsp3) is 0.0714. The second kappa shape index (κ2) is 4.86. The van der Waals surface area contributed by atoms with E-state index >= 15 is 0 Å². The Morgan fingerprint density at radius 3 is 2.81 bits per heavy atom. The van der Waals surface area contributed by atoms with Crippen LogP contribution in [0.5, 0.6) is 5.75 Å². The summed E-state index contributed by atoms with van der Waals surface area (Å²) in [5.41, 5.74) is -0.999. The van der Waals surface area contributed by atoms with Crippen molar-refractivity contribution >= 4 is 0 Å². The highest BCUT2D eigenvalue weighted by atomic mass is 19.1. The van der Waals surface area contributed by atoms with Crippen molar-refractivity contribution in [3.05, 3.63) is 63.2 Å². The molecule has 106 valence electrons. The van der Waals surface area contributed by atoms with E-state index in [4.69, 9.17) is 4.74 Å². The molecule has 0 aromatic heterocycles. The number of hydrogen-bond acceptors (Lipinski definition) is 4. The van der Waals surface area contributed by atoms with Crippen LogP contribution in [0.3, 0.4) is 0 Å². The number of halogens is 1. The number of nitrogens with one attached hydrogen (secondary N) is 1. The lowest BCUT2D eigenvalue weighted by Gasteiger charge is -2.09. The lowest BCUT2D eigenvalue weighted by Crippen LogP contribution is -2.35. The van der Waals surface area contributed by atoms with Crippen LogP contribution >= 0.6 is 0 Å². The van der Waals surface area contributed by atoms with Gasteiger partial charge in [-0.2, -0.15) is 4.98 Å².